The van der Waals surface area contributed by atoms with Crippen molar-refractivity contribution in [3.8, 4) is 0 Å². The molecule has 1 saturated heterocycles. The Balaban J connectivity index is 1.98. The van der Waals surface area contributed by atoms with Crippen LogP contribution in [0, 0.1) is 0 Å². The Morgan fingerprint density at radius 2 is 1.91 bits per heavy atom. The van der Waals surface area contributed by atoms with Crippen molar-refractivity contribution in [1.82, 2.24) is 19.2 Å². The van der Waals surface area contributed by atoms with Gasteiger partial charge in [0.05, 0.1) is 6.26 Å². The minimum Gasteiger partial charge on any atom is -0.341 e. The zero-order chi connectivity index (χ0) is 17.2. The average molecular weight is 342 g/mol. The number of piperidine rings is 1. The minimum absolute atomic E-state index is 0.0581. The number of hydrogen-bond donors (Lipinski definition) is 1. The van der Waals surface area contributed by atoms with E-state index in [0.29, 0.717) is 25.9 Å². The summed E-state index contributed by atoms with van der Waals surface area (Å²) >= 11 is 0. The molecule has 1 amide bonds. The van der Waals surface area contributed by atoms with Crippen LogP contribution >= 0.6 is 0 Å². The molecule has 2 heterocycles. The number of imidazole rings is 1. The smallest absolute Gasteiger partial charge is 0.245 e. The summed E-state index contributed by atoms with van der Waals surface area (Å²) in [6, 6.07) is -0.377. The van der Waals surface area contributed by atoms with E-state index >= 15 is 0 Å². The molecule has 1 unspecified atom stereocenters. The van der Waals surface area contributed by atoms with Crippen LogP contribution in [-0.2, 0) is 14.8 Å². The first-order valence-corrected chi connectivity index (χ1v) is 9.87. The fourth-order valence-electron chi connectivity index (χ4n) is 3.00. The van der Waals surface area contributed by atoms with Gasteiger partial charge in [-0.25, -0.2) is 18.1 Å². The van der Waals surface area contributed by atoms with Gasteiger partial charge in [-0.05, 0) is 19.8 Å². The fraction of sp³-hybridized carbons (Fsp3) is 0.733. The van der Waals surface area contributed by atoms with E-state index in [2.05, 4.69) is 23.6 Å². The van der Waals surface area contributed by atoms with E-state index in [-0.39, 0.29) is 23.9 Å². The van der Waals surface area contributed by atoms with Crippen molar-refractivity contribution in [2.24, 2.45) is 0 Å². The number of amides is 1. The number of likely N-dealkylation sites (tertiary alicyclic amines) is 1. The van der Waals surface area contributed by atoms with Crippen molar-refractivity contribution >= 4 is 15.9 Å². The second-order valence-electron chi connectivity index (χ2n) is 6.51. The summed E-state index contributed by atoms with van der Waals surface area (Å²) in [5.41, 5.74) is 0. The highest BCUT2D eigenvalue weighted by atomic mass is 32.2. The SMILES string of the molecule is CC(C)c1nccn1C(C)C(=O)N1CCC(NS(C)(=O)=O)CC1. The van der Waals surface area contributed by atoms with Crippen LogP contribution in [0.2, 0.25) is 0 Å². The maximum Gasteiger partial charge on any atom is 0.245 e. The molecule has 7 nitrogen and oxygen atoms in total. The monoisotopic (exact) mass is 342 g/mol. The third-order valence-corrected chi connectivity index (χ3v) is 4.94. The quantitative estimate of drug-likeness (QED) is 0.869. The summed E-state index contributed by atoms with van der Waals surface area (Å²) in [6.07, 6.45) is 6.02. The summed E-state index contributed by atoms with van der Waals surface area (Å²) in [6.45, 7) is 7.14. The van der Waals surface area contributed by atoms with Gasteiger partial charge in [0.2, 0.25) is 15.9 Å². The Hall–Kier alpha value is -1.41. The molecule has 1 fully saturated rings. The second-order valence-corrected chi connectivity index (χ2v) is 8.29. The molecule has 0 aromatic carbocycles. The zero-order valence-corrected chi connectivity index (χ0v) is 15.0. The van der Waals surface area contributed by atoms with Gasteiger partial charge >= 0.3 is 0 Å². The summed E-state index contributed by atoms with van der Waals surface area (Å²) in [4.78, 5) is 18.8. The van der Waals surface area contributed by atoms with Gasteiger partial charge in [0.25, 0.3) is 0 Å². The highest BCUT2D eigenvalue weighted by Crippen LogP contribution is 2.21. The van der Waals surface area contributed by atoms with E-state index < -0.39 is 10.0 Å². The molecule has 1 aromatic heterocycles. The second kappa shape index (κ2) is 7.00. The molecule has 1 atom stereocenters. The first-order valence-electron chi connectivity index (χ1n) is 7.98. The molecular weight excluding hydrogens is 316 g/mol. The molecule has 2 rings (SSSR count). The average Bonchev–Trinajstić information content (AvgIpc) is 2.94. The molecule has 0 spiro atoms. The van der Waals surface area contributed by atoms with Crippen molar-refractivity contribution in [3.05, 3.63) is 18.2 Å². The van der Waals surface area contributed by atoms with Crippen LogP contribution in [0.15, 0.2) is 12.4 Å². The number of aromatic nitrogens is 2. The number of rotatable bonds is 5. The number of nitrogens with one attached hydrogen (secondary N) is 1. The number of nitrogens with zero attached hydrogens (tertiary/aromatic N) is 3. The molecule has 1 aliphatic rings. The number of hydrogen-bond acceptors (Lipinski definition) is 4. The highest BCUT2D eigenvalue weighted by molar-refractivity contribution is 7.88. The van der Waals surface area contributed by atoms with E-state index in [0.717, 1.165) is 5.82 Å². The Morgan fingerprint density at radius 3 is 2.43 bits per heavy atom. The van der Waals surface area contributed by atoms with E-state index in [1.807, 2.05) is 22.6 Å². The fourth-order valence-corrected chi connectivity index (χ4v) is 3.84. The maximum atomic E-state index is 12.7. The van der Waals surface area contributed by atoms with Gasteiger partial charge in [-0.15, -0.1) is 0 Å². The molecule has 0 saturated carbocycles. The van der Waals surface area contributed by atoms with Crippen molar-refractivity contribution in [3.63, 3.8) is 0 Å². The van der Waals surface area contributed by atoms with Crippen LogP contribution in [0.25, 0.3) is 0 Å². The molecule has 8 heteroatoms. The third kappa shape index (κ3) is 4.54. The van der Waals surface area contributed by atoms with Crippen LogP contribution in [0.1, 0.15) is 51.4 Å². The van der Waals surface area contributed by atoms with E-state index in [1.54, 1.807) is 6.20 Å². The van der Waals surface area contributed by atoms with E-state index in [1.165, 1.54) is 6.26 Å². The molecule has 1 N–H and O–H groups in total. The van der Waals surface area contributed by atoms with Gasteiger partial charge < -0.3 is 9.47 Å². The van der Waals surface area contributed by atoms with Gasteiger partial charge in [0.1, 0.15) is 11.9 Å². The van der Waals surface area contributed by atoms with Gasteiger partial charge in [-0.1, -0.05) is 13.8 Å². The molecule has 0 radical (unpaired) electrons. The molecule has 23 heavy (non-hydrogen) atoms. The lowest BCUT2D eigenvalue weighted by atomic mass is 10.1. The van der Waals surface area contributed by atoms with Crippen molar-refractivity contribution in [1.29, 1.82) is 0 Å². The molecule has 1 aromatic rings. The van der Waals surface area contributed by atoms with Crippen LogP contribution in [0.4, 0.5) is 0 Å². The number of carbonyl (C=O) groups excluding carboxylic acids is 1. The Bertz CT molecular complexity index is 645. The van der Waals surface area contributed by atoms with Gasteiger partial charge in [-0.3, -0.25) is 4.79 Å². The van der Waals surface area contributed by atoms with Crippen LogP contribution in [0.3, 0.4) is 0 Å². The predicted octanol–water partition coefficient (Wildman–Crippen LogP) is 1.11. The van der Waals surface area contributed by atoms with Gasteiger partial charge in [-0.2, -0.15) is 0 Å². The Kier molecular flexibility index (Phi) is 5.46. The zero-order valence-electron chi connectivity index (χ0n) is 14.2. The lowest BCUT2D eigenvalue weighted by Crippen LogP contribution is -2.47. The van der Waals surface area contributed by atoms with E-state index in [4.69, 9.17) is 0 Å². The lowest BCUT2D eigenvalue weighted by Gasteiger charge is -2.34. The maximum absolute atomic E-state index is 12.7. The first kappa shape index (κ1) is 17.9. The predicted molar refractivity (Wildman–Crippen MR) is 88.6 cm³/mol. The number of sulfonamides is 1. The van der Waals surface area contributed by atoms with Crippen molar-refractivity contribution in [2.45, 2.75) is 51.6 Å². The Morgan fingerprint density at radius 1 is 1.30 bits per heavy atom. The van der Waals surface area contributed by atoms with Crippen molar-refractivity contribution < 1.29 is 13.2 Å². The largest absolute Gasteiger partial charge is 0.341 e. The van der Waals surface area contributed by atoms with Crippen molar-refractivity contribution in [2.75, 3.05) is 19.3 Å². The molecule has 130 valence electrons. The minimum atomic E-state index is -3.19. The van der Waals surface area contributed by atoms with E-state index in [9.17, 15) is 13.2 Å². The first-order chi connectivity index (χ1) is 10.7. The third-order valence-electron chi connectivity index (χ3n) is 4.18. The summed E-state index contributed by atoms with van der Waals surface area (Å²) in [5.74, 6) is 1.21. The lowest BCUT2D eigenvalue weighted by molar-refractivity contribution is -0.135. The van der Waals surface area contributed by atoms with Gasteiger partial charge in [0, 0.05) is 37.4 Å². The topological polar surface area (TPSA) is 84.3 Å². The Labute approximate surface area is 138 Å². The van der Waals surface area contributed by atoms with Crippen LogP contribution in [0.5, 0.6) is 0 Å². The molecule has 0 bridgehead atoms. The molecule has 0 aliphatic carbocycles. The van der Waals surface area contributed by atoms with Gasteiger partial charge in [0.15, 0.2) is 0 Å². The molecular formula is C15H26N4O3S. The summed E-state index contributed by atoms with van der Waals surface area (Å²) < 4.78 is 27.1. The number of carbonyl (C=O) groups is 1. The normalized spacial score (nSPS) is 18.4. The van der Waals surface area contributed by atoms with Crippen LogP contribution < -0.4 is 4.72 Å². The molecule has 1 aliphatic heterocycles. The summed E-state index contributed by atoms with van der Waals surface area (Å²) in [7, 11) is -3.19. The highest BCUT2D eigenvalue weighted by Gasteiger charge is 2.28. The standard InChI is InChI=1S/C15H26N4O3S/c1-11(2)14-16-7-10-19(14)12(3)15(20)18-8-5-13(6-9-18)17-23(4,21)22/h7,10-13,17H,5-6,8-9H2,1-4H3. The summed E-state index contributed by atoms with van der Waals surface area (Å²) in [5, 5.41) is 0. The van der Waals surface area contributed by atoms with Crippen LogP contribution in [-0.4, -0.2) is 54.2 Å².